The summed E-state index contributed by atoms with van der Waals surface area (Å²) in [5, 5.41) is 13.0. The van der Waals surface area contributed by atoms with Crippen LogP contribution < -0.4 is 5.32 Å². The Balaban J connectivity index is 1.13. The molecule has 4 aliphatic rings. The molecule has 10 nitrogen and oxygen atoms in total. The largest absolute Gasteiger partial charge is 0.460 e. The van der Waals surface area contributed by atoms with Gasteiger partial charge in [0, 0.05) is 29.5 Å². The Morgan fingerprint density at radius 3 is 2.33 bits per heavy atom. The predicted molar refractivity (Wildman–Crippen MR) is 201 cm³/mol. The summed E-state index contributed by atoms with van der Waals surface area (Å²) >= 11 is 0. The number of carbonyl (C=O) groups is 3. The number of rotatable bonds is 12. The maximum Gasteiger partial charge on any atom is 0.338 e. The molecule has 3 unspecified atom stereocenters. The van der Waals surface area contributed by atoms with Crippen LogP contribution in [0.5, 0.6) is 0 Å². The van der Waals surface area contributed by atoms with Gasteiger partial charge in [-0.3, -0.25) is 9.59 Å². The molecule has 2 N–H and O–H groups in total. The van der Waals surface area contributed by atoms with Crippen molar-refractivity contribution in [1.82, 2.24) is 5.32 Å². The van der Waals surface area contributed by atoms with E-state index in [0.29, 0.717) is 29.3 Å². The number of aliphatic hydroxyl groups is 1. The molecule has 0 radical (unpaired) electrons. The lowest BCUT2D eigenvalue weighted by Gasteiger charge is -2.31. The van der Waals surface area contributed by atoms with Crippen molar-refractivity contribution < 1.29 is 43.2 Å². The molecule has 54 heavy (non-hydrogen) atoms. The average molecular weight is 736 g/mol. The van der Waals surface area contributed by atoms with E-state index in [4.69, 9.17) is 23.7 Å². The van der Waals surface area contributed by atoms with Gasteiger partial charge in [-0.25, -0.2) is 4.79 Å². The van der Waals surface area contributed by atoms with E-state index >= 15 is 0 Å². The fourth-order valence-corrected chi connectivity index (χ4v) is 7.60. The highest BCUT2D eigenvalue weighted by atomic mass is 16.8. The molecule has 0 aromatic heterocycles. The molecule has 1 amide bonds. The van der Waals surface area contributed by atoms with Gasteiger partial charge in [-0.15, -0.1) is 0 Å². The fourth-order valence-electron chi connectivity index (χ4n) is 7.60. The van der Waals surface area contributed by atoms with Crippen LogP contribution in [0.4, 0.5) is 0 Å². The van der Waals surface area contributed by atoms with E-state index in [0.717, 1.165) is 36.0 Å². The Kier molecular flexibility index (Phi) is 11.2. The second kappa shape index (κ2) is 16.0. The van der Waals surface area contributed by atoms with Crippen LogP contribution in [0.15, 0.2) is 103 Å². The van der Waals surface area contributed by atoms with Crippen LogP contribution in [-0.2, 0) is 39.1 Å². The van der Waals surface area contributed by atoms with Crippen molar-refractivity contribution in [2.45, 2.75) is 107 Å². The minimum absolute atomic E-state index is 0.0185. The van der Waals surface area contributed by atoms with Gasteiger partial charge in [-0.2, -0.15) is 0 Å². The Hall–Kier alpha value is -4.61. The standard InChI is InChI=1S/C44H49NO9/c1-43(2,3)53-39(47)22-20-34(27-46)45-41(48)31-25-37(51-42(49)30-12-10-11-28(23-30)17-18-29-19-21-35-36(24-29)50-35)40-38(26-31)52-44(54-40,32-13-6-4-7-14-32)33-15-8-5-9-16-33/h4-18,23,26,29,34-38,40,46H,19-22,24-25,27H2,1-3H3,(H,45,48)/t29?,34-,35?,36?,37+,38+,40-/m0/s1. The maximum atomic E-state index is 13.9. The van der Waals surface area contributed by atoms with Gasteiger partial charge in [-0.05, 0) is 76.1 Å². The number of carbonyl (C=O) groups excluding carboxylic acids is 3. The minimum atomic E-state index is -1.35. The highest BCUT2D eigenvalue weighted by Gasteiger charge is 2.55. The zero-order valence-corrected chi connectivity index (χ0v) is 31.0. The number of benzene rings is 3. The smallest absolute Gasteiger partial charge is 0.338 e. The van der Waals surface area contributed by atoms with Gasteiger partial charge in [0.2, 0.25) is 11.7 Å². The van der Waals surface area contributed by atoms with Crippen LogP contribution >= 0.6 is 0 Å². The summed E-state index contributed by atoms with van der Waals surface area (Å²) in [6, 6.07) is 25.7. The van der Waals surface area contributed by atoms with Crippen LogP contribution in [0.2, 0.25) is 0 Å². The lowest BCUT2D eigenvalue weighted by Crippen LogP contribution is -2.45. The number of hydrogen-bond donors (Lipinski definition) is 2. The first-order valence-electron chi connectivity index (χ1n) is 19.0. The van der Waals surface area contributed by atoms with Gasteiger partial charge in [0.25, 0.3) is 0 Å². The SMILES string of the molecule is CC(C)(C)OC(=O)CC[C@@H](CO)NC(=O)C1=C[C@H]2OC(c3ccccc3)(c3ccccc3)O[C@H]2[C@H](OC(=O)c2cccc(C=CC3CCC4OC4C3)c2)C1. The zero-order chi connectivity index (χ0) is 37.9. The number of amides is 1. The highest BCUT2D eigenvalue weighted by Crippen LogP contribution is 2.47. The summed E-state index contributed by atoms with van der Waals surface area (Å²) in [5.74, 6) is -2.33. The van der Waals surface area contributed by atoms with Crippen molar-refractivity contribution in [3.05, 3.63) is 125 Å². The second-order valence-corrected chi connectivity index (χ2v) is 15.6. The van der Waals surface area contributed by atoms with Gasteiger partial charge in [0.15, 0.2) is 0 Å². The molecule has 2 aliphatic carbocycles. The molecule has 0 spiro atoms. The molecule has 2 aliphatic heterocycles. The Bertz CT molecular complexity index is 1830. The molecule has 3 fully saturated rings. The lowest BCUT2D eigenvalue weighted by atomic mass is 9.88. The molecule has 2 saturated heterocycles. The summed E-state index contributed by atoms with van der Waals surface area (Å²) in [6.07, 6.45) is 7.79. The van der Waals surface area contributed by atoms with Crippen molar-refractivity contribution in [2.75, 3.05) is 6.61 Å². The predicted octanol–water partition coefficient (Wildman–Crippen LogP) is 6.41. The molecule has 1 saturated carbocycles. The van der Waals surface area contributed by atoms with Crippen LogP contribution in [0, 0.1) is 5.92 Å². The van der Waals surface area contributed by atoms with Crippen molar-refractivity contribution in [2.24, 2.45) is 5.92 Å². The van der Waals surface area contributed by atoms with E-state index in [-0.39, 0.29) is 25.9 Å². The first kappa shape index (κ1) is 37.7. The van der Waals surface area contributed by atoms with Crippen LogP contribution in [0.25, 0.3) is 6.08 Å². The third-order valence-electron chi connectivity index (χ3n) is 10.3. The Labute approximate surface area is 316 Å². The van der Waals surface area contributed by atoms with Crippen molar-refractivity contribution in [3.8, 4) is 0 Å². The summed E-state index contributed by atoms with van der Waals surface area (Å²) < 4.78 is 31.0. The molecule has 7 atom stereocenters. The lowest BCUT2D eigenvalue weighted by molar-refractivity contribution is -0.157. The average Bonchev–Trinajstić information content (AvgIpc) is 3.84. The summed E-state index contributed by atoms with van der Waals surface area (Å²) in [6.45, 7) is 4.97. The number of esters is 2. The molecule has 3 aromatic rings. The number of allylic oxidation sites excluding steroid dienone is 1. The second-order valence-electron chi connectivity index (χ2n) is 15.6. The number of hydrogen-bond acceptors (Lipinski definition) is 9. The van der Waals surface area contributed by atoms with E-state index in [1.165, 1.54) is 0 Å². The molecular formula is C44H49NO9. The van der Waals surface area contributed by atoms with Crippen LogP contribution in [0.3, 0.4) is 0 Å². The zero-order valence-electron chi connectivity index (χ0n) is 31.0. The molecule has 0 bridgehead atoms. The van der Waals surface area contributed by atoms with E-state index in [1.54, 1.807) is 32.9 Å². The number of epoxide rings is 1. The number of nitrogens with one attached hydrogen (secondary N) is 1. The quantitative estimate of drug-likeness (QED) is 0.160. The molecule has 2 heterocycles. The van der Waals surface area contributed by atoms with Gasteiger partial charge in [0.1, 0.15) is 23.9 Å². The van der Waals surface area contributed by atoms with Gasteiger partial charge >= 0.3 is 11.9 Å². The van der Waals surface area contributed by atoms with E-state index < -0.39 is 53.6 Å². The topological polar surface area (TPSA) is 133 Å². The maximum absolute atomic E-state index is 13.9. The van der Waals surface area contributed by atoms with E-state index in [9.17, 15) is 19.5 Å². The number of aliphatic hydroxyl groups excluding tert-OH is 1. The van der Waals surface area contributed by atoms with Gasteiger partial charge < -0.3 is 34.1 Å². The number of fused-ring (bicyclic) bond motifs is 2. The van der Waals surface area contributed by atoms with E-state index in [1.807, 2.05) is 84.9 Å². The monoisotopic (exact) mass is 735 g/mol. The van der Waals surface area contributed by atoms with Crippen LogP contribution in [-0.4, -0.2) is 71.7 Å². The third-order valence-corrected chi connectivity index (χ3v) is 10.3. The molecule has 284 valence electrons. The molecular weight excluding hydrogens is 686 g/mol. The summed E-state index contributed by atoms with van der Waals surface area (Å²) in [4.78, 5) is 40.1. The number of ether oxygens (including phenoxy) is 5. The minimum Gasteiger partial charge on any atom is -0.460 e. The molecule has 10 heteroatoms. The first-order chi connectivity index (χ1) is 26.0. The van der Waals surface area contributed by atoms with Gasteiger partial charge in [0.05, 0.1) is 30.4 Å². The third kappa shape index (κ3) is 8.84. The Morgan fingerprint density at radius 1 is 0.944 bits per heavy atom. The van der Waals surface area contributed by atoms with Crippen molar-refractivity contribution in [3.63, 3.8) is 0 Å². The highest BCUT2D eigenvalue weighted by molar-refractivity contribution is 5.94. The first-order valence-corrected chi connectivity index (χ1v) is 19.0. The van der Waals surface area contributed by atoms with Crippen molar-refractivity contribution in [1.29, 1.82) is 0 Å². The molecule has 7 rings (SSSR count). The van der Waals surface area contributed by atoms with Crippen LogP contribution in [0.1, 0.15) is 86.3 Å². The summed E-state index contributed by atoms with van der Waals surface area (Å²) in [5.41, 5.74) is 2.43. The molecule has 3 aromatic carbocycles. The van der Waals surface area contributed by atoms with Gasteiger partial charge in [-0.1, -0.05) is 84.9 Å². The summed E-state index contributed by atoms with van der Waals surface area (Å²) in [7, 11) is 0. The fraction of sp³-hybridized carbons (Fsp3) is 0.432. The Morgan fingerprint density at radius 2 is 1.67 bits per heavy atom. The normalized spacial score (nSPS) is 26.2. The van der Waals surface area contributed by atoms with Crippen molar-refractivity contribution >= 4 is 23.9 Å². The van der Waals surface area contributed by atoms with E-state index in [2.05, 4.69) is 11.4 Å².